The molecule has 1 aromatic carbocycles. The van der Waals surface area contributed by atoms with Gasteiger partial charge in [-0.15, -0.1) is 0 Å². The van der Waals surface area contributed by atoms with Crippen LogP contribution in [0.15, 0.2) is 23.1 Å². The van der Waals surface area contributed by atoms with Gasteiger partial charge in [-0.1, -0.05) is 19.9 Å². The SMILES string of the molecule is COc1cc(C2CC(N)C2(C)C)ccc1S(=O)(=O)C(F)F. The number of nitrogens with two attached hydrogens (primary N) is 1. The Hall–Kier alpha value is -1.21. The van der Waals surface area contributed by atoms with Crippen molar-refractivity contribution in [2.24, 2.45) is 11.1 Å². The lowest BCUT2D eigenvalue weighted by Gasteiger charge is -2.50. The average molecular weight is 319 g/mol. The predicted octanol–water partition coefficient (Wildman–Crippen LogP) is 2.53. The van der Waals surface area contributed by atoms with Gasteiger partial charge >= 0.3 is 5.76 Å². The molecule has 2 rings (SSSR count). The van der Waals surface area contributed by atoms with E-state index < -0.39 is 20.5 Å². The highest BCUT2D eigenvalue weighted by Crippen LogP contribution is 2.52. The molecule has 0 bridgehead atoms. The Kier molecular flexibility index (Phi) is 4.01. The summed E-state index contributed by atoms with van der Waals surface area (Å²) in [6.45, 7) is 4.06. The molecule has 1 aromatic rings. The molecular formula is C14H19F2NO3S. The van der Waals surface area contributed by atoms with Gasteiger partial charge in [0.15, 0.2) is 0 Å². The minimum absolute atomic E-state index is 0.0518. The molecule has 1 fully saturated rings. The number of halogens is 2. The van der Waals surface area contributed by atoms with Crippen molar-refractivity contribution in [1.82, 2.24) is 0 Å². The Labute approximate surface area is 123 Å². The summed E-state index contributed by atoms with van der Waals surface area (Å²) in [4.78, 5) is -0.481. The largest absolute Gasteiger partial charge is 0.495 e. The van der Waals surface area contributed by atoms with E-state index in [-0.39, 0.29) is 23.1 Å². The van der Waals surface area contributed by atoms with Crippen molar-refractivity contribution in [2.75, 3.05) is 7.11 Å². The fraction of sp³-hybridized carbons (Fsp3) is 0.571. The number of hydrogen-bond donors (Lipinski definition) is 1. The van der Waals surface area contributed by atoms with E-state index in [2.05, 4.69) is 0 Å². The Balaban J connectivity index is 2.43. The maximum atomic E-state index is 12.7. The number of hydrogen-bond acceptors (Lipinski definition) is 4. The molecule has 0 radical (unpaired) electrons. The van der Waals surface area contributed by atoms with Crippen LogP contribution in [-0.4, -0.2) is 27.3 Å². The normalized spacial score (nSPS) is 24.7. The van der Waals surface area contributed by atoms with E-state index in [1.807, 2.05) is 13.8 Å². The first-order chi connectivity index (χ1) is 9.62. The molecule has 21 heavy (non-hydrogen) atoms. The minimum atomic E-state index is -4.67. The molecule has 2 unspecified atom stereocenters. The maximum Gasteiger partial charge on any atom is 0.341 e. The summed E-state index contributed by atoms with van der Waals surface area (Å²) in [6.07, 6.45) is 0.775. The van der Waals surface area contributed by atoms with Gasteiger partial charge in [0, 0.05) is 6.04 Å². The van der Waals surface area contributed by atoms with E-state index >= 15 is 0 Å². The fourth-order valence-electron chi connectivity index (χ4n) is 2.76. The first kappa shape index (κ1) is 16.2. The first-order valence-corrected chi connectivity index (χ1v) is 8.12. The number of sulfone groups is 1. The third-order valence-corrected chi connectivity index (χ3v) is 5.89. The smallest absolute Gasteiger partial charge is 0.341 e. The van der Waals surface area contributed by atoms with Gasteiger partial charge in [-0.2, -0.15) is 8.78 Å². The van der Waals surface area contributed by atoms with Crippen molar-refractivity contribution in [2.45, 2.75) is 42.9 Å². The quantitative estimate of drug-likeness (QED) is 0.926. The second-order valence-corrected chi connectivity index (χ2v) is 7.82. The first-order valence-electron chi connectivity index (χ1n) is 6.58. The maximum absolute atomic E-state index is 12.7. The summed E-state index contributed by atoms with van der Waals surface area (Å²) in [5.41, 5.74) is 6.70. The predicted molar refractivity (Wildman–Crippen MR) is 75.3 cm³/mol. The zero-order valence-corrected chi connectivity index (χ0v) is 13.0. The van der Waals surface area contributed by atoms with Crippen molar-refractivity contribution in [3.05, 3.63) is 23.8 Å². The molecule has 2 N–H and O–H groups in total. The van der Waals surface area contributed by atoms with Crippen LogP contribution in [-0.2, 0) is 9.84 Å². The molecule has 0 saturated heterocycles. The highest BCUT2D eigenvalue weighted by Gasteiger charge is 2.46. The van der Waals surface area contributed by atoms with Crippen molar-refractivity contribution >= 4 is 9.84 Å². The van der Waals surface area contributed by atoms with Crippen molar-refractivity contribution in [3.63, 3.8) is 0 Å². The van der Waals surface area contributed by atoms with Crippen LogP contribution < -0.4 is 10.5 Å². The second kappa shape index (κ2) is 5.21. The number of methoxy groups -OCH3 is 1. The van der Waals surface area contributed by atoms with Crippen molar-refractivity contribution < 1.29 is 21.9 Å². The molecule has 4 nitrogen and oxygen atoms in total. The van der Waals surface area contributed by atoms with Crippen molar-refractivity contribution in [1.29, 1.82) is 0 Å². The average Bonchev–Trinajstić information content (AvgIpc) is 2.43. The van der Waals surface area contributed by atoms with E-state index in [0.29, 0.717) is 0 Å². The van der Waals surface area contributed by atoms with Crippen LogP contribution in [0.1, 0.15) is 31.7 Å². The summed E-state index contributed by atoms with van der Waals surface area (Å²) in [7, 11) is -3.41. The van der Waals surface area contributed by atoms with Gasteiger partial charge < -0.3 is 10.5 Å². The standard InChI is InChI=1S/C14H19F2NO3S/c1-14(2)9(7-12(14)17)8-4-5-11(10(6-8)20-3)21(18,19)13(15)16/h4-6,9,12-13H,7,17H2,1-3H3. The molecule has 0 amide bonds. The third kappa shape index (κ3) is 2.53. The molecule has 1 aliphatic rings. The van der Waals surface area contributed by atoms with Crippen LogP contribution in [0.4, 0.5) is 8.78 Å². The lowest BCUT2D eigenvalue weighted by molar-refractivity contribution is 0.0982. The fourth-order valence-corrected chi connectivity index (χ4v) is 3.63. The molecule has 0 aliphatic heterocycles. The summed E-state index contributed by atoms with van der Waals surface area (Å²) in [6, 6.07) is 4.34. The van der Waals surface area contributed by atoms with Gasteiger partial charge in [-0.05, 0) is 35.4 Å². The van der Waals surface area contributed by atoms with Gasteiger partial charge in [-0.3, -0.25) is 0 Å². The number of benzene rings is 1. The van der Waals surface area contributed by atoms with Gasteiger partial charge in [-0.25, -0.2) is 8.42 Å². The van der Waals surface area contributed by atoms with Crippen LogP contribution in [0.2, 0.25) is 0 Å². The van der Waals surface area contributed by atoms with Crippen LogP contribution in [0.5, 0.6) is 5.75 Å². The van der Waals surface area contributed by atoms with E-state index in [0.717, 1.165) is 12.0 Å². The zero-order valence-electron chi connectivity index (χ0n) is 12.1. The van der Waals surface area contributed by atoms with Crippen LogP contribution in [0.25, 0.3) is 0 Å². The topological polar surface area (TPSA) is 69.4 Å². The summed E-state index contributed by atoms with van der Waals surface area (Å²) in [5.74, 6) is -3.36. The highest BCUT2D eigenvalue weighted by atomic mass is 32.2. The molecular weight excluding hydrogens is 300 g/mol. The number of alkyl halides is 2. The molecule has 2 atom stereocenters. The lowest BCUT2D eigenvalue weighted by atomic mass is 9.57. The summed E-state index contributed by atoms with van der Waals surface area (Å²) >= 11 is 0. The molecule has 0 heterocycles. The Morgan fingerprint density at radius 2 is 2.00 bits per heavy atom. The number of ether oxygens (including phenoxy) is 1. The molecule has 118 valence electrons. The van der Waals surface area contributed by atoms with Crippen LogP contribution in [0, 0.1) is 5.41 Å². The lowest BCUT2D eigenvalue weighted by Crippen LogP contribution is -2.52. The van der Waals surface area contributed by atoms with Gasteiger partial charge in [0.1, 0.15) is 10.6 Å². The van der Waals surface area contributed by atoms with E-state index in [1.165, 1.54) is 19.2 Å². The van der Waals surface area contributed by atoms with E-state index in [9.17, 15) is 17.2 Å². The summed E-state index contributed by atoms with van der Waals surface area (Å²) in [5, 5.41) is 0. The monoisotopic (exact) mass is 319 g/mol. The Morgan fingerprint density at radius 1 is 1.38 bits per heavy atom. The molecule has 0 aromatic heterocycles. The highest BCUT2D eigenvalue weighted by molar-refractivity contribution is 7.91. The van der Waals surface area contributed by atoms with Crippen LogP contribution >= 0.6 is 0 Å². The van der Waals surface area contributed by atoms with Gasteiger partial charge in [0.25, 0.3) is 0 Å². The van der Waals surface area contributed by atoms with Gasteiger partial charge in [0.05, 0.1) is 7.11 Å². The Bertz CT molecular complexity index is 644. The van der Waals surface area contributed by atoms with E-state index in [4.69, 9.17) is 10.5 Å². The zero-order chi connectivity index (χ0) is 16.0. The molecule has 7 heteroatoms. The molecule has 0 spiro atoms. The van der Waals surface area contributed by atoms with Crippen LogP contribution in [0.3, 0.4) is 0 Å². The summed E-state index contributed by atoms with van der Waals surface area (Å²) < 4.78 is 53.5. The second-order valence-electron chi connectivity index (χ2n) is 5.93. The molecule has 1 aliphatic carbocycles. The third-order valence-electron chi connectivity index (χ3n) is 4.47. The molecule has 1 saturated carbocycles. The van der Waals surface area contributed by atoms with E-state index in [1.54, 1.807) is 6.07 Å². The number of rotatable bonds is 4. The Morgan fingerprint density at radius 3 is 2.43 bits per heavy atom. The van der Waals surface area contributed by atoms with Crippen molar-refractivity contribution in [3.8, 4) is 5.75 Å². The van der Waals surface area contributed by atoms with Gasteiger partial charge in [0.2, 0.25) is 9.84 Å². The minimum Gasteiger partial charge on any atom is -0.495 e.